The largest absolute Gasteiger partial charge is 0.350 e. The van der Waals surface area contributed by atoms with Gasteiger partial charge in [0.15, 0.2) is 0 Å². The molecular weight excluding hydrogens is 254 g/mol. The minimum Gasteiger partial charge on any atom is -0.350 e. The monoisotopic (exact) mass is 275 g/mol. The number of hydrogen-bond donors (Lipinski definition) is 3. The Bertz CT molecular complexity index is 442. The van der Waals surface area contributed by atoms with Crippen molar-refractivity contribution < 1.29 is 9.59 Å². The SMILES string of the molecule is O=C(CNC(=O)C1CCCNC1)NCc1ccccc1. The van der Waals surface area contributed by atoms with Crippen molar-refractivity contribution >= 4 is 11.8 Å². The van der Waals surface area contributed by atoms with E-state index in [1.165, 1.54) is 0 Å². The number of hydrogen-bond acceptors (Lipinski definition) is 3. The van der Waals surface area contributed by atoms with E-state index in [1.54, 1.807) is 0 Å². The summed E-state index contributed by atoms with van der Waals surface area (Å²) in [5.41, 5.74) is 1.05. The van der Waals surface area contributed by atoms with E-state index < -0.39 is 0 Å². The molecule has 1 heterocycles. The second kappa shape index (κ2) is 7.65. The fraction of sp³-hybridized carbons (Fsp3) is 0.467. The van der Waals surface area contributed by atoms with Gasteiger partial charge >= 0.3 is 0 Å². The molecule has 3 N–H and O–H groups in total. The second-order valence-electron chi connectivity index (χ2n) is 5.02. The highest BCUT2D eigenvalue weighted by atomic mass is 16.2. The topological polar surface area (TPSA) is 70.2 Å². The maximum absolute atomic E-state index is 11.8. The molecule has 0 bridgehead atoms. The highest BCUT2D eigenvalue weighted by Gasteiger charge is 2.20. The number of carbonyl (C=O) groups excluding carboxylic acids is 2. The van der Waals surface area contributed by atoms with Crippen LogP contribution in [0.3, 0.4) is 0 Å². The second-order valence-corrected chi connectivity index (χ2v) is 5.02. The summed E-state index contributed by atoms with van der Waals surface area (Å²) >= 11 is 0. The van der Waals surface area contributed by atoms with E-state index in [0.717, 1.165) is 24.9 Å². The summed E-state index contributed by atoms with van der Waals surface area (Å²) in [5, 5.41) is 8.67. The number of amides is 2. The normalized spacial score (nSPS) is 18.3. The smallest absolute Gasteiger partial charge is 0.239 e. The molecule has 1 fully saturated rings. The summed E-state index contributed by atoms with van der Waals surface area (Å²) in [7, 11) is 0. The van der Waals surface area contributed by atoms with Gasteiger partial charge in [0.1, 0.15) is 0 Å². The first-order chi connectivity index (χ1) is 9.75. The summed E-state index contributed by atoms with van der Waals surface area (Å²) in [6, 6.07) is 9.70. The number of piperidine rings is 1. The van der Waals surface area contributed by atoms with Crippen LogP contribution in [0.2, 0.25) is 0 Å². The van der Waals surface area contributed by atoms with Gasteiger partial charge in [-0.05, 0) is 24.9 Å². The molecule has 0 radical (unpaired) electrons. The fourth-order valence-corrected chi connectivity index (χ4v) is 2.25. The lowest BCUT2D eigenvalue weighted by Gasteiger charge is -2.21. The van der Waals surface area contributed by atoms with E-state index in [2.05, 4.69) is 16.0 Å². The minimum absolute atomic E-state index is 0.00864. The molecule has 1 aromatic carbocycles. The van der Waals surface area contributed by atoms with Crippen LogP contribution in [-0.2, 0) is 16.1 Å². The first kappa shape index (κ1) is 14.5. The summed E-state index contributed by atoms with van der Waals surface area (Å²) < 4.78 is 0. The van der Waals surface area contributed by atoms with Crippen LogP contribution in [0.15, 0.2) is 30.3 Å². The van der Waals surface area contributed by atoms with Crippen molar-refractivity contribution in [3.8, 4) is 0 Å². The standard InChI is InChI=1S/C15H21N3O2/c19-14(17-9-12-5-2-1-3-6-12)11-18-15(20)13-7-4-8-16-10-13/h1-3,5-6,13,16H,4,7-11H2,(H,17,19)(H,18,20). The molecule has 0 saturated carbocycles. The average Bonchev–Trinajstić information content (AvgIpc) is 2.52. The fourth-order valence-electron chi connectivity index (χ4n) is 2.25. The highest BCUT2D eigenvalue weighted by Crippen LogP contribution is 2.09. The number of carbonyl (C=O) groups is 2. The van der Waals surface area contributed by atoms with E-state index in [1.807, 2.05) is 30.3 Å². The predicted octanol–water partition coefficient (Wildman–Crippen LogP) is 0.419. The Morgan fingerprint density at radius 2 is 2.00 bits per heavy atom. The van der Waals surface area contributed by atoms with E-state index in [-0.39, 0.29) is 24.3 Å². The number of benzene rings is 1. The van der Waals surface area contributed by atoms with Crippen molar-refractivity contribution in [1.29, 1.82) is 0 Å². The van der Waals surface area contributed by atoms with Crippen LogP contribution in [0.25, 0.3) is 0 Å². The molecule has 5 heteroatoms. The third-order valence-electron chi connectivity index (χ3n) is 3.42. The third-order valence-corrected chi connectivity index (χ3v) is 3.42. The molecule has 108 valence electrons. The van der Waals surface area contributed by atoms with E-state index >= 15 is 0 Å². The van der Waals surface area contributed by atoms with Crippen molar-refractivity contribution in [3.05, 3.63) is 35.9 Å². The molecule has 2 amide bonds. The van der Waals surface area contributed by atoms with Gasteiger partial charge in [-0.1, -0.05) is 30.3 Å². The first-order valence-corrected chi connectivity index (χ1v) is 7.05. The van der Waals surface area contributed by atoms with Gasteiger partial charge in [0, 0.05) is 13.1 Å². The molecule has 1 unspecified atom stereocenters. The van der Waals surface area contributed by atoms with Gasteiger partial charge in [0.25, 0.3) is 0 Å². The van der Waals surface area contributed by atoms with Crippen LogP contribution in [0, 0.1) is 5.92 Å². The Morgan fingerprint density at radius 3 is 2.70 bits per heavy atom. The molecule has 0 spiro atoms. The summed E-state index contributed by atoms with van der Waals surface area (Å²) in [6.45, 7) is 2.21. The molecule has 1 aliphatic rings. The molecule has 0 aromatic heterocycles. The molecular formula is C15H21N3O2. The van der Waals surface area contributed by atoms with Crippen molar-refractivity contribution in [2.45, 2.75) is 19.4 Å². The molecule has 1 aromatic rings. The van der Waals surface area contributed by atoms with Crippen LogP contribution in [0.5, 0.6) is 0 Å². The first-order valence-electron chi connectivity index (χ1n) is 7.05. The van der Waals surface area contributed by atoms with Crippen molar-refractivity contribution in [1.82, 2.24) is 16.0 Å². The molecule has 0 aliphatic carbocycles. The molecule has 1 saturated heterocycles. The van der Waals surface area contributed by atoms with Crippen LogP contribution in [0.1, 0.15) is 18.4 Å². The Labute approximate surface area is 119 Å². The van der Waals surface area contributed by atoms with Crippen LogP contribution >= 0.6 is 0 Å². The van der Waals surface area contributed by atoms with Gasteiger partial charge in [0.2, 0.25) is 11.8 Å². The lowest BCUT2D eigenvalue weighted by atomic mass is 9.99. The minimum atomic E-state index is -0.161. The zero-order valence-electron chi connectivity index (χ0n) is 11.5. The molecule has 5 nitrogen and oxygen atoms in total. The van der Waals surface area contributed by atoms with Crippen LogP contribution < -0.4 is 16.0 Å². The Kier molecular flexibility index (Phi) is 5.55. The van der Waals surface area contributed by atoms with Gasteiger partial charge in [0.05, 0.1) is 12.5 Å². The van der Waals surface area contributed by atoms with Gasteiger partial charge in [-0.2, -0.15) is 0 Å². The van der Waals surface area contributed by atoms with Crippen LogP contribution in [-0.4, -0.2) is 31.4 Å². The molecule has 1 atom stereocenters. The van der Waals surface area contributed by atoms with Gasteiger partial charge in [-0.25, -0.2) is 0 Å². The van der Waals surface area contributed by atoms with Crippen molar-refractivity contribution in [2.75, 3.05) is 19.6 Å². The van der Waals surface area contributed by atoms with Gasteiger partial charge < -0.3 is 16.0 Å². The van der Waals surface area contributed by atoms with E-state index in [0.29, 0.717) is 13.1 Å². The summed E-state index contributed by atoms with van der Waals surface area (Å²) in [4.78, 5) is 23.5. The molecule has 20 heavy (non-hydrogen) atoms. The quantitative estimate of drug-likeness (QED) is 0.729. The molecule has 1 aliphatic heterocycles. The maximum atomic E-state index is 11.8. The maximum Gasteiger partial charge on any atom is 0.239 e. The Balaban J connectivity index is 1.65. The van der Waals surface area contributed by atoms with Crippen molar-refractivity contribution in [3.63, 3.8) is 0 Å². The van der Waals surface area contributed by atoms with Crippen LogP contribution in [0.4, 0.5) is 0 Å². The van der Waals surface area contributed by atoms with Gasteiger partial charge in [-0.15, -0.1) is 0 Å². The lowest BCUT2D eigenvalue weighted by molar-refractivity contribution is -0.129. The number of rotatable bonds is 5. The van der Waals surface area contributed by atoms with Crippen molar-refractivity contribution in [2.24, 2.45) is 5.92 Å². The Hall–Kier alpha value is -1.88. The van der Waals surface area contributed by atoms with E-state index in [9.17, 15) is 9.59 Å². The summed E-state index contributed by atoms with van der Waals surface area (Å²) in [6.07, 6.45) is 1.91. The average molecular weight is 275 g/mol. The number of nitrogens with one attached hydrogen (secondary N) is 3. The van der Waals surface area contributed by atoms with Gasteiger partial charge in [-0.3, -0.25) is 9.59 Å². The van der Waals surface area contributed by atoms with E-state index in [4.69, 9.17) is 0 Å². The zero-order valence-corrected chi connectivity index (χ0v) is 11.5. The molecule has 2 rings (SSSR count). The lowest BCUT2D eigenvalue weighted by Crippen LogP contribution is -2.44. The third kappa shape index (κ3) is 4.66. The Morgan fingerprint density at radius 1 is 1.20 bits per heavy atom. The predicted molar refractivity (Wildman–Crippen MR) is 76.9 cm³/mol. The summed E-state index contributed by atoms with van der Waals surface area (Å²) in [5.74, 6) is -0.205. The zero-order chi connectivity index (χ0) is 14.2. The highest BCUT2D eigenvalue weighted by molar-refractivity contribution is 5.85.